The number of hydrogen-bond donors (Lipinski definition) is 0. The van der Waals surface area contributed by atoms with Crippen LogP contribution in [0, 0.1) is 5.92 Å². The van der Waals surface area contributed by atoms with Gasteiger partial charge in [-0.15, -0.1) is 0 Å². The number of alkyl halides is 3. The normalized spacial score (nSPS) is 18.0. The summed E-state index contributed by atoms with van der Waals surface area (Å²) in [5.74, 6) is 0.159. The number of ether oxygens (including phenoxy) is 1. The number of pyridine rings is 1. The molecule has 1 aliphatic heterocycles. The van der Waals surface area contributed by atoms with Crippen molar-refractivity contribution >= 4 is 15.9 Å². The van der Waals surface area contributed by atoms with Gasteiger partial charge < -0.3 is 4.74 Å². The van der Waals surface area contributed by atoms with Gasteiger partial charge in [-0.1, -0.05) is 0 Å². The number of likely N-dealkylation sites (tertiary alicyclic amines) is 1. The number of halogens is 4. The highest BCUT2D eigenvalue weighted by Gasteiger charge is 2.35. The van der Waals surface area contributed by atoms with Crippen LogP contribution in [0.4, 0.5) is 13.2 Å². The molecule has 1 aliphatic rings. The lowest BCUT2D eigenvalue weighted by Gasteiger charge is -2.40. The van der Waals surface area contributed by atoms with E-state index in [1.807, 2.05) is 0 Å². The van der Waals surface area contributed by atoms with Crippen molar-refractivity contribution in [3.63, 3.8) is 0 Å². The summed E-state index contributed by atoms with van der Waals surface area (Å²) < 4.78 is 44.7. The van der Waals surface area contributed by atoms with Crippen LogP contribution in [0.15, 0.2) is 16.7 Å². The number of piperidine rings is 1. The maximum absolute atomic E-state index is 13.0. The maximum atomic E-state index is 13.0. The molecule has 7 heteroatoms. The van der Waals surface area contributed by atoms with Gasteiger partial charge in [-0.3, -0.25) is 4.90 Å². The summed E-state index contributed by atoms with van der Waals surface area (Å²) in [6, 6.07) is 1.00. The maximum Gasteiger partial charge on any atom is 0.421 e. The molecule has 2 rings (SSSR count). The Hall–Kier alpha value is -0.820. The van der Waals surface area contributed by atoms with Crippen molar-refractivity contribution in [1.29, 1.82) is 0 Å². The molecule has 0 N–H and O–H groups in total. The van der Waals surface area contributed by atoms with Crippen LogP contribution in [0.25, 0.3) is 0 Å². The first-order valence-corrected chi connectivity index (χ1v) is 8.97. The highest BCUT2D eigenvalue weighted by Crippen LogP contribution is 2.36. The van der Waals surface area contributed by atoms with E-state index in [-0.39, 0.29) is 22.5 Å². The summed E-state index contributed by atoms with van der Waals surface area (Å²) in [4.78, 5) is 6.22. The van der Waals surface area contributed by atoms with Crippen molar-refractivity contribution in [3.05, 3.63) is 22.3 Å². The standard InChI is InChI=1S/C17H24BrF3N2O/c1-16(2,3)23-7-4-12(5-8-23)6-9-24-15-14(17(19,20)21)10-13(18)11-22-15/h10-12H,4-9H2,1-3H3. The molecular formula is C17H24BrF3N2O. The van der Waals surface area contributed by atoms with Crippen molar-refractivity contribution in [2.75, 3.05) is 19.7 Å². The molecule has 0 unspecified atom stereocenters. The molecule has 0 saturated carbocycles. The molecule has 2 heterocycles. The van der Waals surface area contributed by atoms with Crippen LogP contribution in [0.5, 0.6) is 5.88 Å². The van der Waals surface area contributed by atoms with Gasteiger partial charge in [0.15, 0.2) is 0 Å². The van der Waals surface area contributed by atoms with Gasteiger partial charge in [0.05, 0.1) is 6.61 Å². The number of nitrogens with zero attached hydrogens (tertiary/aromatic N) is 2. The smallest absolute Gasteiger partial charge is 0.421 e. The molecule has 1 fully saturated rings. The van der Waals surface area contributed by atoms with E-state index < -0.39 is 11.7 Å². The Morgan fingerprint density at radius 2 is 1.88 bits per heavy atom. The lowest BCUT2D eigenvalue weighted by Crippen LogP contribution is -2.46. The van der Waals surface area contributed by atoms with Crippen LogP contribution in [-0.2, 0) is 6.18 Å². The Balaban J connectivity index is 1.86. The zero-order valence-corrected chi connectivity index (χ0v) is 15.9. The van der Waals surface area contributed by atoms with Crippen molar-refractivity contribution in [3.8, 4) is 5.88 Å². The highest BCUT2D eigenvalue weighted by molar-refractivity contribution is 9.10. The fourth-order valence-electron chi connectivity index (χ4n) is 2.96. The molecule has 0 atom stereocenters. The van der Waals surface area contributed by atoms with Gasteiger partial charge in [-0.05, 0) is 81.0 Å². The quantitative estimate of drug-likeness (QED) is 0.689. The molecule has 0 aromatic carbocycles. The molecule has 0 aliphatic carbocycles. The van der Waals surface area contributed by atoms with Gasteiger partial charge in [-0.25, -0.2) is 4.98 Å². The summed E-state index contributed by atoms with van der Waals surface area (Å²) in [6.07, 6.45) is -0.273. The summed E-state index contributed by atoms with van der Waals surface area (Å²) in [5, 5.41) is 0. The molecule has 0 bridgehead atoms. The van der Waals surface area contributed by atoms with E-state index in [0.717, 1.165) is 38.4 Å². The van der Waals surface area contributed by atoms with Crippen molar-refractivity contribution in [2.24, 2.45) is 5.92 Å². The minimum Gasteiger partial charge on any atom is -0.477 e. The Labute approximate surface area is 149 Å². The van der Waals surface area contributed by atoms with Gasteiger partial charge in [0, 0.05) is 16.2 Å². The third-order valence-electron chi connectivity index (χ3n) is 4.45. The second-order valence-corrected chi connectivity index (χ2v) is 8.16. The van der Waals surface area contributed by atoms with Gasteiger partial charge in [-0.2, -0.15) is 13.2 Å². The second-order valence-electron chi connectivity index (χ2n) is 7.24. The van der Waals surface area contributed by atoms with Crippen molar-refractivity contribution in [1.82, 2.24) is 9.88 Å². The monoisotopic (exact) mass is 408 g/mol. The van der Waals surface area contributed by atoms with Crippen molar-refractivity contribution in [2.45, 2.75) is 51.7 Å². The van der Waals surface area contributed by atoms with E-state index in [2.05, 4.69) is 46.6 Å². The summed E-state index contributed by atoms with van der Waals surface area (Å²) in [5.41, 5.74) is -0.663. The first-order valence-electron chi connectivity index (χ1n) is 8.18. The lowest BCUT2D eigenvalue weighted by atomic mass is 9.91. The minimum absolute atomic E-state index is 0.171. The molecule has 3 nitrogen and oxygen atoms in total. The molecule has 1 saturated heterocycles. The van der Waals surface area contributed by atoms with E-state index in [9.17, 15) is 13.2 Å². The average Bonchev–Trinajstić information content (AvgIpc) is 2.47. The molecule has 0 amide bonds. The molecule has 0 spiro atoms. The van der Waals surface area contributed by atoms with Crippen LogP contribution in [0.1, 0.15) is 45.6 Å². The van der Waals surface area contributed by atoms with Gasteiger partial charge in [0.2, 0.25) is 5.88 Å². The highest BCUT2D eigenvalue weighted by atomic mass is 79.9. The van der Waals surface area contributed by atoms with Crippen LogP contribution in [0.2, 0.25) is 0 Å². The van der Waals surface area contributed by atoms with Gasteiger partial charge in [0.1, 0.15) is 5.56 Å². The minimum atomic E-state index is -4.47. The fraction of sp³-hybridized carbons (Fsp3) is 0.706. The van der Waals surface area contributed by atoms with E-state index >= 15 is 0 Å². The van der Waals surface area contributed by atoms with Gasteiger partial charge in [0.25, 0.3) is 0 Å². The molecule has 1 aromatic heterocycles. The summed E-state index contributed by atoms with van der Waals surface area (Å²) >= 11 is 3.02. The van der Waals surface area contributed by atoms with Crippen LogP contribution >= 0.6 is 15.9 Å². The van der Waals surface area contributed by atoms with Crippen LogP contribution in [0.3, 0.4) is 0 Å². The molecular weight excluding hydrogens is 385 g/mol. The third kappa shape index (κ3) is 5.34. The number of aromatic nitrogens is 1. The van der Waals surface area contributed by atoms with E-state index in [0.29, 0.717) is 5.92 Å². The largest absolute Gasteiger partial charge is 0.477 e. The predicted molar refractivity (Wildman–Crippen MR) is 91.1 cm³/mol. The third-order valence-corrected chi connectivity index (χ3v) is 4.88. The number of hydrogen-bond acceptors (Lipinski definition) is 3. The topological polar surface area (TPSA) is 25.4 Å². The zero-order valence-electron chi connectivity index (χ0n) is 14.3. The molecule has 1 aromatic rings. The van der Waals surface area contributed by atoms with E-state index in [1.165, 1.54) is 6.20 Å². The first-order chi connectivity index (χ1) is 11.1. The van der Waals surface area contributed by atoms with E-state index in [4.69, 9.17) is 4.74 Å². The zero-order chi connectivity index (χ0) is 18.0. The summed E-state index contributed by atoms with van der Waals surface area (Å²) in [7, 11) is 0. The molecule has 0 radical (unpaired) electrons. The van der Waals surface area contributed by atoms with Crippen LogP contribution in [-0.4, -0.2) is 35.1 Å². The lowest BCUT2D eigenvalue weighted by molar-refractivity contribution is -0.139. The Morgan fingerprint density at radius 3 is 2.42 bits per heavy atom. The van der Waals surface area contributed by atoms with Crippen LogP contribution < -0.4 is 4.74 Å². The van der Waals surface area contributed by atoms with E-state index in [1.54, 1.807) is 0 Å². The Kier molecular flexibility index (Phi) is 6.18. The molecule has 136 valence electrons. The Morgan fingerprint density at radius 1 is 1.25 bits per heavy atom. The second kappa shape index (κ2) is 7.60. The SMILES string of the molecule is CC(C)(C)N1CCC(CCOc2ncc(Br)cc2C(F)(F)F)CC1. The first kappa shape index (κ1) is 19.5. The summed E-state index contributed by atoms with van der Waals surface area (Å²) in [6.45, 7) is 8.92. The van der Waals surface area contributed by atoms with Gasteiger partial charge >= 0.3 is 6.18 Å². The van der Waals surface area contributed by atoms with Crippen molar-refractivity contribution < 1.29 is 17.9 Å². The fourth-order valence-corrected chi connectivity index (χ4v) is 3.29. The predicted octanol–water partition coefficient (Wildman–Crippen LogP) is 5.14. The number of rotatable bonds is 4. The molecule has 24 heavy (non-hydrogen) atoms. The Bertz CT molecular complexity index is 550. The average molecular weight is 409 g/mol.